The lowest BCUT2D eigenvalue weighted by Crippen LogP contribution is -2.31. The molecule has 0 saturated heterocycles. The smallest absolute Gasteiger partial charge is 0.0874 e. The van der Waals surface area contributed by atoms with Gasteiger partial charge in [0.15, 0.2) is 0 Å². The quantitative estimate of drug-likeness (QED) is 0.715. The van der Waals surface area contributed by atoms with Crippen molar-refractivity contribution in [2.24, 2.45) is 0 Å². The molecule has 74 valence electrons. The van der Waals surface area contributed by atoms with Gasteiger partial charge in [-0.1, -0.05) is 12.1 Å². The van der Waals surface area contributed by atoms with Crippen molar-refractivity contribution < 1.29 is 10.2 Å². The molecule has 3 heteroatoms. The molecule has 1 saturated carbocycles. The van der Waals surface area contributed by atoms with Crippen LogP contribution < -0.4 is 0 Å². The van der Waals surface area contributed by atoms with Gasteiger partial charge in [-0.05, 0) is 46.2 Å². The highest BCUT2D eigenvalue weighted by atomic mass is 127. The minimum Gasteiger partial charge on any atom is -0.390 e. The van der Waals surface area contributed by atoms with Crippen LogP contribution in [0.2, 0.25) is 0 Å². The average molecular weight is 302 g/mol. The number of benzene rings is 1. The van der Waals surface area contributed by atoms with Gasteiger partial charge in [-0.3, -0.25) is 0 Å². The van der Waals surface area contributed by atoms with E-state index in [1.54, 1.807) is 0 Å². The Morgan fingerprint density at radius 2 is 1.86 bits per heavy atom. The van der Waals surface area contributed by atoms with Crippen LogP contribution in [0.1, 0.15) is 29.4 Å². The van der Waals surface area contributed by atoms with Gasteiger partial charge in [0, 0.05) is 15.4 Å². The molecule has 2 aliphatic rings. The van der Waals surface area contributed by atoms with E-state index in [-0.39, 0.29) is 11.8 Å². The largest absolute Gasteiger partial charge is 0.390 e. The standard InChI is InChI=1S/C11H11IO2/c12-8-3-1-2-5-6-4-7(9(5)8)11(14)10(6)13/h1-3,6-7,10-11,13-14H,4H2. The summed E-state index contributed by atoms with van der Waals surface area (Å²) < 4.78 is 1.22. The van der Waals surface area contributed by atoms with Crippen LogP contribution in [0.15, 0.2) is 18.2 Å². The lowest BCUT2D eigenvalue weighted by atomic mass is 9.88. The summed E-state index contributed by atoms with van der Waals surface area (Å²) in [4.78, 5) is 0. The molecule has 0 aromatic heterocycles. The van der Waals surface area contributed by atoms with Gasteiger partial charge in [0.1, 0.15) is 0 Å². The molecule has 0 heterocycles. The summed E-state index contributed by atoms with van der Waals surface area (Å²) in [6.45, 7) is 0. The molecule has 0 spiro atoms. The Bertz CT molecular complexity index is 391. The monoisotopic (exact) mass is 302 g/mol. The Balaban J connectivity index is 2.20. The van der Waals surface area contributed by atoms with E-state index >= 15 is 0 Å². The predicted octanol–water partition coefficient (Wildman–Crippen LogP) is 1.60. The molecule has 1 fully saturated rings. The number of rotatable bonds is 0. The third-order valence-corrected chi connectivity index (χ3v) is 4.48. The molecule has 4 atom stereocenters. The normalized spacial score (nSPS) is 38.8. The summed E-state index contributed by atoms with van der Waals surface area (Å²) in [6, 6.07) is 6.18. The molecule has 14 heavy (non-hydrogen) atoms. The van der Waals surface area contributed by atoms with Crippen molar-refractivity contribution in [2.45, 2.75) is 30.5 Å². The van der Waals surface area contributed by atoms with Crippen LogP contribution in [-0.2, 0) is 0 Å². The molecule has 0 amide bonds. The predicted molar refractivity (Wildman–Crippen MR) is 61.3 cm³/mol. The summed E-state index contributed by atoms with van der Waals surface area (Å²) in [5, 5.41) is 19.6. The molecule has 2 bridgehead atoms. The maximum Gasteiger partial charge on any atom is 0.0874 e. The minimum absolute atomic E-state index is 0.165. The van der Waals surface area contributed by atoms with E-state index in [0.29, 0.717) is 0 Å². The third-order valence-electron chi connectivity index (χ3n) is 3.54. The van der Waals surface area contributed by atoms with Crippen LogP contribution in [0.25, 0.3) is 0 Å². The van der Waals surface area contributed by atoms with Gasteiger partial charge in [0.25, 0.3) is 0 Å². The molecule has 2 aliphatic carbocycles. The molecule has 4 unspecified atom stereocenters. The number of hydrogen-bond acceptors (Lipinski definition) is 2. The third kappa shape index (κ3) is 0.978. The first kappa shape index (κ1) is 9.12. The Kier molecular flexibility index (Phi) is 1.91. The number of hydrogen-bond donors (Lipinski definition) is 2. The second-order valence-corrected chi connectivity index (χ2v) is 5.33. The average Bonchev–Trinajstić information content (AvgIpc) is 2.67. The molecule has 0 radical (unpaired) electrons. The van der Waals surface area contributed by atoms with Crippen LogP contribution in [0.5, 0.6) is 0 Å². The van der Waals surface area contributed by atoms with Gasteiger partial charge in [-0.15, -0.1) is 0 Å². The van der Waals surface area contributed by atoms with Gasteiger partial charge in [0.05, 0.1) is 12.2 Å². The SMILES string of the molecule is OC1C2CC(c3c(I)cccc32)C1O. The van der Waals surface area contributed by atoms with Crippen molar-refractivity contribution in [1.29, 1.82) is 0 Å². The Morgan fingerprint density at radius 3 is 2.64 bits per heavy atom. The van der Waals surface area contributed by atoms with Crippen LogP contribution in [-0.4, -0.2) is 22.4 Å². The summed E-state index contributed by atoms with van der Waals surface area (Å²) >= 11 is 2.31. The first-order chi connectivity index (χ1) is 6.70. The van der Waals surface area contributed by atoms with Crippen LogP contribution >= 0.6 is 22.6 Å². The van der Waals surface area contributed by atoms with Crippen molar-refractivity contribution >= 4 is 22.6 Å². The molecule has 2 nitrogen and oxygen atoms in total. The summed E-state index contributed by atoms with van der Waals surface area (Å²) in [5.41, 5.74) is 2.52. The molecular formula is C11H11IO2. The van der Waals surface area contributed by atoms with Crippen LogP contribution in [0.3, 0.4) is 0 Å². The van der Waals surface area contributed by atoms with E-state index in [9.17, 15) is 10.2 Å². The summed E-state index contributed by atoms with van der Waals surface area (Å²) in [5.74, 6) is 0.331. The lowest BCUT2D eigenvalue weighted by molar-refractivity contribution is 0.0215. The fraction of sp³-hybridized carbons (Fsp3) is 0.455. The van der Waals surface area contributed by atoms with Gasteiger partial charge in [0.2, 0.25) is 0 Å². The number of aliphatic hydroxyl groups is 2. The zero-order valence-electron chi connectivity index (χ0n) is 7.52. The zero-order valence-corrected chi connectivity index (χ0v) is 9.68. The zero-order chi connectivity index (χ0) is 9.87. The highest BCUT2D eigenvalue weighted by molar-refractivity contribution is 14.1. The van der Waals surface area contributed by atoms with Crippen LogP contribution in [0, 0.1) is 3.57 Å². The highest BCUT2D eigenvalue weighted by Gasteiger charge is 2.50. The molecule has 1 aromatic carbocycles. The highest BCUT2D eigenvalue weighted by Crippen LogP contribution is 2.54. The maximum atomic E-state index is 9.81. The molecule has 3 rings (SSSR count). The molecule has 1 aromatic rings. The van der Waals surface area contributed by atoms with E-state index in [1.807, 2.05) is 6.07 Å². The molecule has 2 N–H and O–H groups in total. The van der Waals surface area contributed by atoms with Crippen molar-refractivity contribution in [1.82, 2.24) is 0 Å². The van der Waals surface area contributed by atoms with E-state index in [4.69, 9.17) is 0 Å². The van der Waals surface area contributed by atoms with Crippen molar-refractivity contribution in [3.05, 3.63) is 32.9 Å². The number of aliphatic hydroxyl groups excluding tert-OH is 2. The van der Waals surface area contributed by atoms with Gasteiger partial charge in [-0.25, -0.2) is 0 Å². The van der Waals surface area contributed by atoms with Crippen molar-refractivity contribution in [2.75, 3.05) is 0 Å². The fourth-order valence-corrected chi connectivity index (χ4v) is 3.82. The van der Waals surface area contributed by atoms with E-state index in [1.165, 1.54) is 14.7 Å². The second kappa shape index (κ2) is 2.93. The Hall–Kier alpha value is -0.130. The Morgan fingerprint density at radius 1 is 1.14 bits per heavy atom. The number of fused-ring (bicyclic) bond motifs is 5. The first-order valence-electron chi connectivity index (χ1n) is 4.84. The summed E-state index contributed by atoms with van der Waals surface area (Å²) in [6.07, 6.45) is -0.188. The maximum absolute atomic E-state index is 9.81. The number of halogens is 1. The van der Waals surface area contributed by atoms with Gasteiger partial charge in [-0.2, -0.15) is 0 Å². The lowest BCUT2D eigenvalue weighted by Gasteiger charge is -2.26. The van der Waals surface area contributed by atoms with Crippen molar-refractivity contribution in [3.8, 4) is 0 Å². The summed E-state index contributed by atoms with van der Waals surface area (Å²) in [7, 11) is 0. The van der Waals surface area contributed by atoms with Crippen molar-refractivity contribution in [3.63, 3.8) is 0 Å². The topological polar surface area (TPSA) is 40.5 Å². The van der Waals surface area contributed by atoms with E-state index < -0.39 is 12.2 Å². The minimum atomic E-state index is -0.552. The van der Waals surface area contributed by atoms with Gasteiger partial charge >= 0.3 is 0 Å². The second-order valence-electron chi connectivity index (χ2n) is 4.17. The Labute approximate surface area is 96.1 Å². The first-order valence-corrected chi connectivity index (χ1v) is 5.92. The fourth-order valence-electron chi connectivity index (χ4n) is 2.90. The van der Waals surface area contributed by atoms with E-state index in [2.05, 4.69) is 34.7 Å². The molecule has 0 aliphatic heterocycles. The van der Waals surface area contributed by atoms with E-state index in [0.717, 1.165) is 6.42 Å². The van der Waals surface area contributed by atoms with Crippen LogP contribution in [0.4, 0.5) is 0 Å². The van der Waals surface area contributed by atoms with Gasteiger partial charge < -0.3 is 10.2 Å². The molecular weight excluding hydrogens is 291 g/mol.